The Kier molecular flexibility index (Phi) is 7.02. The average molecular weight is 470 g/mol. The summed E-state index contributed by atoms with van der Waals surface area (Å²) in [7, 11) is 1.55. The molecule has 0 radical (unpaired) electrons. The molecule has 1 aliphatic rings. The first-order valence-corrected chi connectivity index (χ1v) is 10.9. The minimum Gasteiger partial charge on any atom is -0.497 e. The molecule has 178 valence electrons. The number of aromatic nitrogens is 1. The predicted molar refractivity (Wildman–Crippen MR) is 124 cm³/mol. The molecule has 0 bridgehead atoms. The van der Waals surface area contributed by atoms with Gasteiger partial charge < -0.3 is 15.0 Å². The Bertz CT molecular complexity index is 1130. The van der Waals surface area contributed by atoms with Crippen LogP contribution in [0.5, 0.6) is 5.75 Å². The number of pyridine rings is 1. The Labute approximate surface area is 196 Å². The van der Waals surface area contributed by atoms with E-state index in [0.29, 0.717) is 55.3 Å². The van der Waals surface area contributed by atoms with Crippen LogP contribution in [0.2, 0.25) is 0 Å². The number of amides is 1. The Morgan fingerprint density at radius 2 is 1.79 bits per heavy atom. The van der Waals surface area contributed by atoms with Crippen LogP contribution in [0.3, 0.4) is 0 Å². The summed E-state index contributed by atoms with van der Waals surface area (Å²) in [5, 5.41) is 2.83. The highest BCUT2D eigenvalue weighted by atomic mass is 19.4. The number of anilines is 2. The van der Waals surface area contributed by atoms with Crippen LogP contribution in [0, 0.1) is 0 Å². The summed E-state index contributed by atoms with van der Waals surface area (Å²) in [6.45, 7) is 3.32. The lowest BCUT2D eigenvalue weighted by Gasteiger charge is -2.35. The number of hydrogen-bond acceptors (Lipinski definition) is 5. The van der Waals surface area contributed by atoms with Gasteiger partial charge in [-0.15, -0.1) is 0 Å². The van der Waals surface area contributed by atoms with Crippen molar-refractivity contribution in [3.05, 3.63) is 83.6 Å². The van der Waals surface area contributed by atoms with Crippen molar-refractivity contribution in [3.63, 3.8) is 0 Å². The predicted octanol–water partition coefficient (Wildman–Crippen LogP) is 4.68. The normalized spacial score (nSPS) is 14.6. The fourth-order valence-corrected chi connectivity index (χ4v) is 3.85. The molecule has 3 aromatic rings. The first-order valence-electron chi connectivity index (χ1n) is 10.9. The average Bonchev–Trinajstić information content (AvgIpc) is 2.85. The number of carbonyl (C=O) groups excluding carboxylic acids is 1. The molecule has 0 atom stereocenters. The highest BCUT2D eigenvalue weighted by Crippen LogP contribution is 2.30. The number of halogens is 3. The van der Waals surface area contributed by atoms with Crippen LogP contribution >= 0.6 is 0 Å². The monoisotopic (exact) mass is 470 g/mol. The van der Waals surface area contributed by atoms with Crippen molar-refractivity contribution in [2.24, 2.45) is 0 Å². The molecule has 1 amide bonds. The van der Waals surface area contributed by atoms with E-state index in [-0.39, 0.29) is 5.91 Å². The van der Waals surface area contributed by atoms with E-state index < -0.39 is 11.7 Å². The minimum atomic E-state index is -4.33. The summed E-state index contributed by atoms with van der Waals surface area (Å²) in [6.07, 6.45) is -2.72. The summed E-state index contributed by atoms with van der Waals surface area (Å²) < 4.78 is 44.0. The fourth-order valence-electron chi connectivity index (χ4n) is 3.85. The number of hydrogen-bond donors (Lipinski definition) is 1. The van der Waals surface area contributed by atoms with Gasteiger partial charge in [0.15, 0.2) is 0 Å². The van der Waals surface area contributed by atoms with Crippen LogP contribution < -0.4 is 15.0 Å². The van der Waals surface area contributed by atoms with Crippen molar-refractivity contribution < 1.29 is 22.7 Å². The molecule has 2 aromatic carbocycles. The maximum atomic E-state index is 12.9. The third-order valence-electron chi connectivity index (χ3n) is 5.69. The van der Waals surface area contributed by atoms with Crippen molar-refractivity contribution in [1.29, 1.82) is 0 Å². The summed E-state index contributed by atoms with van der Waals surface area (Å²) in [5.74, 6) is 1.14. The highest BCUT2D eigenvalue weighted by Gasteiger charge is 2.30. The van der Waals surface area contributed by atoms with E-state index in [1.165, 1.54) is 12.1 Å². The molecule has 2 heterocycles. The van der Waals surface area contributed by atoms with E-state index in [0.717, 1.165) is 11.9 Å². The molecule has 0 aliphatic carbocycles. The maximum Gasteiger partial charge on any atom is 0.416 e. The maximum absolute atomic E-state index is 12.9. The Morgan fingerprint density at radius 3 is 2.47 bits per heavy atom. The molecule has 1 N–H and O–H groups in total. The molecule has 0 spiro atoms. The van der Waals surface area contributed by atoms with Crippen molar-refractivity contribution >= 4 is 17.4 Å². The second-order valence-electron chi connectivity index (χ2n) is 8.05. The molecule has 1 aliphatic heterocycles. The molecule has 9 heteroatoms. The molecule has 6 nitrogen and oxygen atoms in total. The van der Waals surface area contributed by atoms with Gasteiger partial charge in [0, 0.05) is 38.3 Å². The van der Waals surface area contributed by atoms with Crippen LogP contribution in [-0.2, 0) is 12.7 Å². The lowest BCUT2D eigenvalue weighted by atomic mass is 10.1. The molecular weight excluding hydrogens is 445 g/mol. The lowest BCUT2D eigenvalue weighted by Crippen LogP contribution is -2.46. The van der Waals surface area contributed by atoms with E-state index in [9.17, 15) is 18.0 Å². The van der Waals surface area contributed by atoms with Crippen LogP contribution in [0.15, 0.2) is 66.9 Å². The quantitative estimate of drug-likeness (QED) is 0.567. The zero-order valence-corrected chi connectivity index (χ0v) is 18.7. The molecule has 0 unspecified atom stereocenters. The fraction of sp³-hybridized carbons (Fsp3) is 0.280. The number of alkyl halides is 3. The summed E-state index contributed by atoms with van der Waals surface area (Å²) in [6, 6.07) is 16.0. The van der Waals surface area contributed by atoms with Gasteiger partial charge in [0.25, 0.3) is 5.91 Å². The summed E-state index contributed by atoms with van der Waals surface area (Å²) in [4.78, 5) is 21.2. The largest absolute Gasteiger partial charge is 0.497 e. The number of rotatable bonds is 6. The Hall–Kier alpha value is -3.59. The van der Waals surface area contributed by atoms with Crippen LogP contribution in [0.1, 0.15) is 21.5 Å². The van der Waals surface area contributed by atoms with E-state index in [4.69, 9.17) is 4.74 Å². The van der Waals surface area contributed by atoms with Gasteiger partial charge in [0.2, 0.25) is 0 Å². The number of nitrogens with one attached hydrogen (secondary N) is 1. The van der Waals surface area contributed by atoms with E-state index in [1.807, 2.05) is 6.07 Å². The Morgan fingerprint density at radius 1 is 1.03 bits per heavy atom. The summed E-state index contributed by atoms with van der Waals surface area (Å²) >= 11 is 0. The van der Waals surface area contributed by atoms with Gasteiger partial charge in [-0.25, -0.2) is 4.98 Å². The van der Waals surface area contributed by atoms with E-state index >= 15 is 0 Å². The first-order chi connectivity index (χ1) is 16.3. The lowest BCUT2D eigenvalue weighted by molar-refractivity contribution is -0.137. The van der Waals surface area contributed by atoms with Gasteiger partial charge in [0.1, 0.15) is 11.6 Å². The van der Waals surface area contributed by atoms with Crippen molar-refractivity contribution in [1.82, 2.24) is 9.88 Å². The molecule has 34 heavy (non-hydrogen) atoms. The van der Waals surface area contributed by atoms with Gasteiger partial charge in [-0.05, 0) is 42.0 Å². The molecule has 1 fully saturated rings. The van der Waals surface area contributed by atoms with Crippen molar-refractivity contribution in [2.45, 2.75) is 12.7 Å². The van der Waals surface area contributed by atoms with Gasteiger partial charge in [0.05, 0.1) is 24.6 Å². The number of carbonyl (C=O) groups is 1. The van der Waals surface area contributed by atoms with Gasteiger partial charge in [-0.1, -0.05) is 24.3 Å². The van der Waals surface area contributed by atoms with Crippen molar-refractivity contribution in [2.75, 3.05) is 43.5 Å². The Balaban J connectivity index is 1.30. The highest BCUT2D eigenvalue weighted by molar-refractivity contribution is 6.04. The number of nitrogens with zero attached hydrogens (tertiary/aromatic N) is 3. The number of methoxy groups -OCH3 is 1. The standard InChI is InChI=1S/C25H25F3N4O2/c1-34-22-7-3-5-19(15-22)24(33)30-21-8-9-23(29-16-21)32-12-10-31(11-13-32)17-18-4-2-6-20(14-18)25(26,27)28/h2-9,14-16H,10-13,17H2,1H3,(H,30,33). The van der Waals surface area contributed by atoms with Crippen LogP contribution in [0.4, 0.5) is 24.7 Å². The van der Waals surface area contributed by atoms with Gasteiger partial charge in [-0.3, -0.25) is 9.69 Å². The second kappa shape index (κ2) is 10.1. The SMILES string of the molecule is COc1cccc(C(=O)Nc2ccc(N3CCN(Cc4cccc(C(F)(F)F)c4)CC3)nc2)c1. The van der Waals surface area contributed by atoms with Crippen LogP contribution in [0.25, 0.3) is 0 Å². The third-order valence-corrected chi connectivity index (χ3v) is 5.69. The second-order valence-corrected chi connectivity index (χ2v) is 8.05. The number of benzene rings is 2. The molecule has 1 aromatic heterocycles. The van der Waals surface area contributed by atoms with Crippen molar-refractivity contribution in [3.8, 4) is 5.75 Å². The number of piperazine rings is 1. The minimum absolute atomic E-state index is 0.253. The molecule has 1 saturated heterocycles. The van der Waals surface area contributed by atoms with E-state index in [1.54, 1.807) is 49.7 Å². The van der Waals surface area contributed by atoms with Gasteiger partial charge in [-0.2, -0.15) is 13.2 Å². The molecular formula is C25H25F3N4O2. The summed E-state index contributed by atoms with van der Waals surface area (Å²) in [5.41, 5.74) is 1.10. The van der Waals surface area contributed by atoms with Crippen LogP contribution in [-0.4, -0.2) is 49.1 Å². The molecule has 0 saturated carbocycles. The smallest absolute Gasteiger partial charge is 0.416 e. The first kappa shape index (κ1) is 23.6. The molecule has 4 rings (SSSR count). The van der Waals surface area contributed by atoms with E-state index in [2.05, 4.69) is 20.1 Å². The number of ether oxygens (including phenoxy) is 1. The topological polar surface area (TPSA) is 57.7 Å². The van der Waals surface area contributed by atoms with Gasteiger partial charge >= 0.3 is 6.18 Å². The zero-order valence-electron chi connectivity index (χ0n) is 18.7. The third kappa shape index (κ3) is 5.85. The zero-order chi connectivity index (χ0) is 24.1.